The van der Waals surface area contributed by atoms with Crippen LogP contribution in [0, 0.1) is 0 Å². The minimum Gasteiger partial charge on any atom is -0.496 e. The third kappa shape index (κ3) is 3.37. The van der Waals surface area contributed by atoms with E-state index >= 15 is 0 Å². The summed E-state index contributed by atoms with van der Waals surface area (Å²) in [4.78, 5) is 22.4. The summed E-state index contributed by atoms with van der Waals surface area (Å²) in [5.41, 5.74) is -0.616. The second-order valence-corrected chi connectivity index (χ2v) is 4.02. The van der Waals surface area contributed by atoms with Crippen LogP contribution in [0.4, 0.5) is 30.7 Å². The summed E-state index contributed by atoms with van der Waals surface area (Å²) >= 11 is 0. The molecule has 0 radical (unpaired) electrons. The van der Waals surface area contributed by atoms with Gasteiger partial charge in [0.25, 0.3) is 0 Å². The van der Waals surface area contributed by atoms with Gasteiger partial charge >= 0.3 is 30.0 Å². The van der Waals surface area contributed by atoms with Crippen molar-refractivity contribution < 1.29 is 49.8 Å². The number of hydrogen-bond donors (Lipinski definition) is 0. The fourth-order valence-corrected chi connectivity index (χ4v) is 1.32. The van der Waals surface area contributed by atoms with Crippen LogP contribution in [0.3, 0.4) is 0 Å². The van der Waals surface area contributed by atoms with Crippen molar-refractivity contribution in [3.8, 4) is 5.75 Å². The fraction of sp³-hybridized carbons (Fsp3) is 0.333. The van der Waals surface area contributed by atoms with Crippen molar-refractivity contribution >= 4 is 11.9 Å². The molecule has 0 aliphatic carbocycles. The Kier molecular flexibility index (Phi) is 4.92. The third-order valence-corrected chi connectivity index (χ3v) is 2.52. The molecule has 4 nitrogen and oxygen atoms in total. The lowest BCUT2D eigenvalue weighted by atomic mass is 10.1. The fourth-order valence-electron chi connectivity index (χ4n) is 1.32. The van der Waals surface area contributed by atoms with Crippen LogP contribution >= 0.6 is 0 Å². The molecule has 1 aromatic rings. The molecule has 0 heterocycles. The minimum absolute atomic E-state index is 0.267. The van der Waals surface area contributed by atoms with Crippen LogP contribution in [-0.2, 0) is 9.53 Å². The molecule has 0 bridgehead atoms. The highest BCUT2D eigenvalue weighted by atomic mass is 19.4. The molecule has 0 amide bonds. The second-order valence-electron chi connectivity index (χ2n) is 4.02. The molecule has 1 rings (SSSR count). The Morgan fingerprint density at radius 1 is 0.957 bits per heavy atom. The molecule has 0 spiro atoms. The van der Waals surface area contributed by atoms with Crippen molar-refractivity contribution in [3.63, 3.8) is 0 Å². The van der Waals surface area contributed by atoms with Gasteiger partial charge in [0.2, 0.25) is 0 Å². The SMILES string of the molecule is COc1ccccc1C(=O)OC(=O)C(F)(F)C(F)(F)C(F)(F)F. The molecule has 0 aliphatic heterocycles. The van der Waals surface area contributed by atoms with Gasteiger partial charge in [-0.25, -0.2) is 9.59 Å². The summed E-state index contributed by atoms with van der Waals surface area (Å²) in [5, 5.41) is 0. The number of ether oxygens (including phenoxy) is 2. The normalized spacial score (nSPS) is 12.7. The Hall–Kier alpha value is -2.33. The highest BCUT2D eigenvalue weighted by Gasteiger charge is 2.77. The van der Waals surface area contributed by atoms with E-state index in [-0.39, 0.29) is 5.75 Å². The molecule has 0 atom stereocenters. The number of carbonyl (C=O) groups is 2. The molecular formula is C12H7F7O4. The largest absolute Gasteiger partial charge is 0.496 e. The highest BCUT2D eigenvalue weighted by Crippen LogP contribution is 2.47. The van der Waals surface area contributed by atoms with Gasteiger partial charge in [-0.2, -0.15) is 30.7 Å². The van der Waals surface area contributed by atoms with Crippen LogP contribution in [0.15, 0.2) is 24.3 Å². The van der Waals surface area contributed by atoms with Crippen LogP contribution < -0.4 is 4.74 Å². The van der Waals surface area contributed by atoms with Crippen molar-refractivity contribution in [2.75, 3.05) is 7.11 Å². The molecule has 0 saturated carbocycles. The summed E-state index contributed by atoms with van der Waals surface area (Å²) in [7, 11) is 1.06. The average molecular weight is 348 g/mol. The van der Waals surface area contributed by atoms with Crippen molar-refractivity contribution in [1.29, 1.82) is 0 Å². The van der Waals surface area contributed by atoms with Gasteiger partial charge < -0.3 is 9.47 Å². The Labute approximate surface area is 123 Å². The van der Waals surface area contributed by atoms with Crippen molar-refractivity contribution in [2.45, 2.75) is 18.0 Å². The summed E-state index contributed by atoms with van der Waals surface area (Å²) < 4.78 is 95.2. The van der Waals surface area contributed by atoms with Gasteiger partial charge in [-0.15, -0.1) is 0 Å². The molecular weight excluding hydrogens is 341 g/mol. The number of halogens is 7. The Morgan fingerprint density at radius 3 is 1.96 bits per heavy atom. The number of carbonyl (C=O) groups excluding carboxylic acids is 2. The number of alkyl halides is 7. The van der Waals surface area contributed by atoms with Gasteiger partial charge in [0.15, 0.2) is 0 Å². The van der Waals surface area contributed by atoms with E-state index in [1.54, 1.807) is 0 Å². The molecule has 0 aliphatic rings. The highest BCUT2D eigenvalue weighted by molar-refractivity contribution is 6.00. The number of esters is 2. The number of methoxy groups -OCH3 is 1. The minimum atomic E-state index is -6.72. The third-order valence-electron chi connectivity index (χ3n) is 2.52. The van der Waals surface area contributed by atoms with E-state index in [1.165, 1.54) is 12.1 Å². The molecule has 128 valence electrons. The molecule has 0 N–H and O–H groups in total. The van der Waals surface area contributed by atoms with E-state index in [9.17, 15) is 40.3 Å². The summed E-state index contributed by atoms with van der Waals surface area (Å²) in [6, 6.07) is 4.59. The summed E-state index contributed by atoms with van der Waals surface area (Å²) in [6.45, 7) is 0. The maximum Gasteiger partial charge on any atom is 0.460 e. The Bertz CT molecular complexity index is 610. The number of rotatable bonds is 4. The first kappa shape index (κ1) is 18.7. The first-order valence-electron chi connectivity index (χ1n) is 5.58. The number of para-hydroxylation sites is 1. The molecule has 11 heteroatoms. The van der Waals surface area contributed by atoms with Crippen molar-refractivity contribution in [3.05, 3.63) is 29.8 Å². The predicted molar refractivity (Wildman–Crippen MR) is 59.4 cm³/mol. The molecule has 0 aromatic heterocycles. The van der Waals surface area contributed by atoms with E-state index < -0.39 is 35.5 Å². The van der Waals surface area contributed by atoms with Gasteiger partial charge in [-0.05, 0) is 12.1 Å². The van der Waals surface area contributed by atoms with Crippen LogP contribution in [-0.4, -0.2) is 37.1 Å². The van der Waals surface area contributed by atoms with Crippen LogP contribution in [0.25, 0.3) is 0 Å². The summed E-state index contributed by atoms with van der Waals surface area (Å²) in [6.07, 6.45) is -6.72. The lowest BCUT2D eigenvalue weighted by Crippen LogP contribution is -2.57. The average Bonchev–Trinajstić information content (AvgIpc) is 2.45. The molecule has 1 aromatic carbocycles. The number of hydrogen-bond acceptors (Lipinski definition) is 4. The Morgan fingerprint density at radius 2 is 1.48 bits per heavy atom. The molecule has 0 fully saturated rings. The standard InChI is InChI=1S/C12H7F7O4/c1-22-7-5-3-2-4-6(7)8(20)23-9(21)10(13,14)11(15,16)12(17,18)19/h2-5H,1H3. The van der Waals surface area contributed by atoms with E-state index in [1.807, 2.05) is 0 Å². The summed E-state index contributed by atoms with van der Waals surface area (Å²) in [5.74, 6) is -18.5. The topological polar surface area (TPSA) is 52.6 Å². The van der Waals surface area contributed by atoms with E-state index in [0.29, 0.717) is 0 Å². The van der Waals surface area contributed by atoms with Crippen LogP contribution in [0.1, 0.15) is 10.4 Å². The van der Waals surface area contributed by atoms with Crippen molar-refractivity contribution in [1.82, 2.24) is 0 Å². The molecule has 23 heavy (non-hydrogen) atoms. The van der Waals surface area contributed by atoms with Gasteiger partial charge in [-0.3, -0.25) is 0 Å². The second kappa shape index (κ2) is 6.05. The smallest absolute Gasteiger partial charge is 0.460 e. The van der Waals surface area contributed by atoms with E-state index in [0.717, 1.165) is 19.2 Å². The zero-order chi connectivity index (χ0) is 18.1. The van der Waals surface area contributed by atoms with E-state index in [2.05, 4.69) is 9.47 Å². The first-order valence-corrected chi connectivity index (χ1v) is 5.58. The lowest BCUT2D eigenvalue weighted by Gasteiger charge is -2.25. The number of benzene rings is 1. The lowest BCUT2D eigenvalue weighted by molar-refractivity contribution is -0.347. The quantitative estimate of drug-likeness (QED) is 0.476. The monoisotopic (exact) mass is 348 g/mol. The van der Waals surface area contributed by atoms with Gasteiger partial charge in [0.1, 0.15) is 11.3 Å². The van der Waals surface area contributed by atoms with E-state index in [4.69, 9.17) is 0 Å². The predicted octanol–water partition coefficient (Wildman–Crippen LogP) is 3.21. The zero-order valence-corrected chi connectivity index (χ0v) is 11.1. The Balaban J connectivity index is 3.05. The van der Waals surface area contributed by atoms with Crippen LogP contribution in [0.5, 0.6) is 5.75 Å². The van der Waals surface area contributed by atoms with Gasteiger partial charge in [0, 0.05) is 0 Å². The maximum absolute atomic E-state index is 13.0. The van der Waals surface area contributed by atoms with Gasteiger partial charge in [0.05, 0.1) is 7.11 Å². The van der Waals surface area contributed by atoms with Crippen LogP contribution in [0.2, 0.25) is 0 Å². The molecule has 0 unspecified atom stereocenters. The first-order chi connectivity index (χ1) is 10.4. The van der Waals surface area contributed by atoms with Gasteiger partial charge in [-0.1, -0.05) is 12.1 Å². The molecule has 0 saturated heterocycles. The zero-order valence-electron chi connectivity index (χ0n) is 11.1. The maximum atomic E-state index is 13.0. The van der Waals surface area contributed by atoms with Crippen molar-refractivity contribution in [2.24, 2.45) is 0 Å².